The van der Waals surface area contributed by atoms with Gasteiger partial charge in [-0.1, -0.05) is 0 Å². The number of carbonyl (C=O) groups excluding carboxylic acids is 2. The van der Waals surface area contributed by atoms with E-state index in [2.05, 4.69) is 5.32 Å². The molecule has 1 unspecified atom stereocenters. The van der Waals surface area contributed by atoms with Gasteiger partial charge in [0.1, 0.15) is 5.54 Å². The van der Waals surface area contributed by atoms with Gasteiger partial charge in [0.05, 0.1) is 0 Å². The van der Waals surface area contributed by atoms with Gasteiger partial charge in [-0.05, 0) is 20.8 Å². The van der Waals surface area contributed by atoms with Crippen LogP contribution in [0, 0.1) is 0 Å². The Morgan fingerprint density at radius 3 is 2.24 bits per heavy atom. The van der Waals surface area contributed by atoms with Crippen LogP contribution in [0.3, 0.4) is 0 Å². The molecule has 0 spiro atoms. The summed E-state index contributed by atoms with van der Waals surface area (Å²) in [6, 6.07) is -1.00. The van der Waals surface area contributed by atoms with Crippen LogP contribution in [0.15, 0.2) is 0 Å². The number of likely N-dealkylation sites (N-methyl/N-ethyl adjacent to an activating group) is 1. The highest BCUT2D eigenvalue weighted by molar-refractivity contribution is 5.85. The molecule has 7 nitrogen and oxygen atoms in total. The van der Waals surface area contributed by atoms with Crippen LogP contribution in [-0.2, 0) is 9.59 Å². The van der Waals surface area contributed by atoms with E-state index in [-0.39, 0.29) is 6.42 Å². The lowest BCUT2D eigenvalue weighted by atomic mass is 10.0. The molecule has 0 heterocycles. The van der Waals surface area contributed by atoms with E-state index in [9.17, 15) is 14.4 Å². The van der Waals surface area contributed by atoms with E-state index in [1.165, 1.54) is 20.9 Å². The van der Waals surface area contributed by atoms with Crippen molar-refractivity contribution in [2.75, 3.05) is 7.05 Å². The van der Waals surface area contributed by atoms with E-state index in [0.29, 0.717) is 0 Å². The van der Waals surface area contributed by atoms with Gasteiger partial charge in [0.2, 0.25) is 5.91 Å². The molecule has 0 saturated heterocycles. The highest BCUT2D eigenvalue weighted by Crippen LogP contribution is 2.12. The Hall–Kier alpha value is -1.79. The first-order chi connectivity index (χ1) is 7.59. The van der Waals surface area contributed by atoms with Gasteiger partial charge in [-0.2, -0.15) is 0 Å². The van der Waals surface area contributed by atoms with E-state index in [1.807, 2.05) is 0 Å². The minimum atomic E-state index is -1.32. The summed E-state index contributed by atoms with van der Waals surface area (Å²) in [6.45, 7) is 4.44. The molecule has 3 amide bonds. The predicted molar refractivity (Wildman–Crippen MR) is 61.3 cm³/mol. The third-order valence-corrected chi connectivity index (χ3v) is 2.54. The maximum atomic E-state index is 11.7. The Morgan fingerprint density at radius 1 is 1.41 bits per heavy atom. The Bertz CT molecular complexity index is 328. The summed E-state index contributed by atoms with van der Waals surface area (Å²) >= 11 is 0. The van der Waals surface area contributed by atoms with Crippen molar-refractivity contribution in [3.63, 3.8) is 0 Å². The number of nitrogens with two attached hydrogens (primary N) is 1. The smallest absolute Gasteiger partial charge is 0.329 e. The van der Waals surface area contributed by atoms with Crippen LogP contribution in [0.5, 0.6) is 0 Å². The number of urea groups is 1. The predicted octanol–water partition coefficient (Wildman–Crippen LogP) is -0.245. The normalized spacial score (nSPS) is 12.7. The quantitative estimate of drug-likeness (QED) is 0.620. The van der Waals surface area contributed by atoms with Crippen molar-refractivity contribution in [3.8, 4) is 0 Å². The number of nitrogens with one attached hydrogen (secondary N) is 1. The van der Waals surface area contributed by atoms with Crippen LogP contribution < -0.4 is 11.1 Å². The van der Waals surface area contributed by atoms with Crippen molar-refractivity contribution >= 4 is 17.9 Å². The molecule has 0 rings (SSSR count). The summed E-state index contributed by atoms with van der Waals surface area (Å²) in [5.74, 6) is -1.64. The molecule has 7 heteroatoms. The first-order valence-electron chi connectivity index (χ1n) is 5.15. The van der Waals surface area contributed by atoms with Crippen molar-refractivity contribution in [1.29, 1.82) is 0 Å². The molecular weight excluding hydrogens is 226 g/mol. The number of carboxylic acids is 1. The van der Waals surface area contributed by atoms with Gasteiger partial charge >= 0.3 is 12.0 Å². The number of primary amides is 1. The minimum absolute atomic E-state index is 0.00702. The summed E-state index contributed by atoms with van der Waals surface area (Å²) in [5.41, 5.74) is 3.66. The van der Waals surface area contributed by atoms with E-state index in [4.69, 9.17) is 10.8 Å². The number of hydrogen-bond acceptors (Lipinski definition) is 3. The Morgan fingerprint density at radius 2 is 1.88 bits per heavy atom. The van der Waals surface area contributed by atoms with E-state index < -0.39 is 29.5 Å². The van der Waals surface area contributed by atoms with Gasteiger partial charge in [-0.3, -0.25) is 4.79 Å². The topological polar surface area (TPSA) is 113 Å². The van der Waals surface area contributed by atoms with Gasteiger partial charge in [-0.15, -0.1) is 0 Å². The molecule has 0 aromatic rings. The molecule has 0 aromatic heterocycles. The number of carbonyl (C=O) groups is 3. The van der Waals surface area contributed by atoms with Crippen molar-refractivity contribution < 1.29 is 19.5 Å². The average molecular weight is 245 g/mol. The molecule has 0 aromatic carbocycles. The molecule has 0 bridgehead atoms. The number of nitrogens with zero attached hydrogens (tertiary/aromatic N) is 1. The monoisotopic (exact) mass is 245 g/mol. The number of aliphatic carboxylic acids is 1. The van der Waals surface area contributed by atoms with Crippen LogP contribution >= 0.6 is 0 Å². The van der Waals surface area contributed by atoms with Gasteiger partial charge in [0.25, 0.3) is 0 Å². The Balaban J connectivity index is 4.52. The number of carboxylic acid groups (broad SMARTS) is 1. The molecule has 0 aliphatic rings. The molecule has 0 aliphatic carbocycles. The van der Waals surface area contributed by atoms with Crippen LogP contribution in [0.2, 0.25) is 0 Å². The number of amides is 3. The fourth-order valence-corrected chi connectivity index (χ4v) is 1.06. The minimum Gasteiger partial charge on any atom is -0.480 e. The second-order valence-corrected chi connectivity index (χ2v) is 4.44. The second-order valence-electron chi connectivity index (χ2n) is 4.44. The van der Waals surface area contributed by atoms with Gasteiger partial charge in [0.15, 0.2) is 0 Å². The zero-order valence-corrected chi connectivity index (χ0v) is 10.5. The molecule has 4 N–H and O–H groups in total. The second kappa shape index (κ2) is 5.51. The fourth-order valence-electron chi connectivity index (χ4n) is 1.06. The largest absolute Gasteiger partial charge is 0.480 e. The summed E-state index contributed by atoms with van der Waals surface area (Å²) in [4.78, 5) is 34.3. The maximum Gasteiger partial charge on any atom is 0.329 e. The van der Waals surface area contributed by atoms with Crippen molar-refractivity contribution in [3.05, 3.63) is 0 Å². The van der Waals surface area contributed by atoms with Crippen LogP contribution in [0.1, 0.15) is 27.2 Å². The van der Waals surface area contributed by atoms with Crippen LogP contribution in [-0.4, -0.2) is 46.5 Å². The third-order valence-electron chi connectivity index (χ3n) is 2.54. The lowest BCUT2D eigenvalue weighted by Crippen LogP contribution is -2.55. The van der Waals surface area contributed by atoms with Gasteiger partial charge in [-0.25, -0.2) is 9.59 Å². The van der Waals surface area contributed by atoms with E-state index in [0.717, 1.165) is 4.90 Å². The van der Waals surface area contributed by atoms with Gasteiger partial charge < -0.3 is 21.1 Å². The van der Waals surface area contributed by atoms with Crippen LogP contribution in [0.4, 0.5) is 4.79 Å². The molecule has 0 radical (unpaired) electrons. The molecule has 0 aliphatic heterocycles. The maximum absolute atomic E-state index is 11.7. The van der Waals surface area contributed by atoms with E-state index in [1.54, 1.807) is 6.92 Å². The lowest BCUT2D eigenvalue weighted by molar-refractivity contribution is -0.147. The van der Waals surface area contributed by atoms with Crippen molar-refractivity contribution in [2.45, 2.75) is 38.8 Å². The standard InChI is InChI=1S/C10H19N3O4/c1-6(5-7(11)14)12-9(17)13(4)10(2,3)8(15)16/h6H,5H2,1-4H3,(H2,11,14)(H,12,17)(H,15,16). The number of rotatable bonds is 5. The van der Waals surface area contributed by atoms with Crippen molar-refractivity contribution in [1.82, 2.24) is 10.2 Å². The zero-order valence-electron chi connectivity index (χ0n) is 10.5. The number of hydrogen-bond donors (Lipinski definition) is 3. The molecule has 0 saturated carbocycles. The Labute approximate surface area is 100.0 Å². The summed E-state index contributed by atoms with van der Waals surface area (Å²) in [7, 11) is 1.38. The molecule has 98 valence electrons. The van der Waals surface area contributed by atoms with E-state index >= 15 is 0 Å². The SMILES string of the molecule is CC(CC(N)=O)NC(=O)N(C)C(C)(C)C(=O)O. The molecule has 0 fully saturated rings. The van der Waals surface area contributed by atoms with Crippen molar-refractivity contribution in [2.24, 2.45) is 5.73 Å². The first-order valence-corrected chi connectivity index (χ1v) is 5.15. The third kappa shape index (κ3) is 4.29. The highest BCUT2D eigenvalue weighted by atomic mass is 16.4. The lowest BCUT2D eigenvalue weighted by Gasteiger charge is -2.32. The fraction of sp³-hybridized carbons (Fsp3) is 0.700. The average Bonchev–Trinajstić information content (AvgIpc) is 2.14. The summed E-state index contributed by atoms with van der Waals surface area (Å²) in [6.07, 6.45) is 0.00702. The molecule has 17 heavy (non-hydrogen) atoms. The molecular formula is C10H19N3O4. The zero-order chi connectivity index (χ0) is 13.8. The molecule has 1 atom stereocenters. The summed E-state index contributed by atoms with van der Waals surface area (Å²) < 4.78 is 0. The van der Waals surface area contributed by atoms with Gasteiger partial charge in [0, 0.05) is 19.5 Å². The Kier molecular flexibility index (Phi) is 4.93. The summed E-state index contributed by atoms with van der Waals surface area (Å²) in [5, 5.41) is 11.4. The van der Waals surface area contributed by atoms with Crippen LogP contribution in [0.25, 0.3) is 0 Å². The highest BCUT2D eigenvalue weighted by Gasteiger charge is 2.35. The first kappa shape index (κ1) is 15.2.